The normalized spacial score (nSPS) is 17.6. The summed E-state index contributed by atoms with van der Waals surface area (Å²) in [6.45, 7) is 21.7. The molecule has 0 aliphatic heterocycles. The van der Waals surface area contributed by atoms with Crippen molar-refractivity contribution in [2.24, 2.45) is 5.41 Å². The average molecular weight is 2300 g/mol. The van der Waals surface area contributed by atoms with E-state index in [2.05, 4.69) is 373 Å². The number of ether oxygens (including phenoxy) is 2. The van der Waals surface area contributed by atoms with Crippen LogP contribution in [0, 0.1) is 91.4 Å². The van der Waals surface area contributed by atoms with Crippen LogP contribution in [0.1, 0.15) is 218 Å². The van der Waals surface area contributed by atoms with Crippen molar-refractivity contribution in [2.75, 3.05) is 20.0 Å². The van der Waals surface area contributed by atoms with Crippen molar-refractivity contribution in [1.82, 2.24) is 0 Å². The summed E-state index contributed by atoms with van der Waals surface area (Å²) in [6.07, 6.45) is 40.1. The summed E-state index contributed by atoms with van der Waals surface area (Å²) in [5, 5.41) is 0. The van der Waals surface area contributed by atoms with Crippen molar-refractivity contribution in [3.8, 4) is 34.1 Å². The Hall–Kier alpha value is -5.94. The number of nitrogens with two attached hydrogens (primary N) is 1. The zero-order chi connectivity index (χ0) is 89.3. The smallest absolute Gasteiger partial charge is 0.197 e. The molecule has 134 heavy (non-hydrogen) atoms. The third-order valence-electron chi connectivity index (χ3n) is 25.5. The average Bonchev–Trinajstić information content (AvgIpc) is 0.727. The number of fused-ring (bicyclic) bond motifs is 10. The van der Waals surface area contributed by atoms with Gasteiger partial charge in [0.2, 0.25) is 0 Å². The number of allylic oxidation sites excluding steroid dienone is 9. The van der Waals surface area contributed by atoms with Gasteiger partial charge in [0, 0.05) is 252 Å². The summed E-state index contributed by atoms with van der Waals surface area (Å²) < 4.78 is 66.2. The van der Waals surface area contributed by atoms with Gasteiger partial charge in [0.25, 0.3) is 0 Å². The molecule has 12 aromatic carbocycles. The number of hydrogen-bond acceptors (Lipinski definition) is 3. The largest absolute Gasteiger partial charge is 0.577 e. The molecule has 665 valence electrons. The van der Waals surface area contributed by atoms with Crippen molar-refractivity contribution >= 4 is 58.9 Å². The Morgan fingerprint density at radius 3 is 1.56 bits per heavy atom. The zero-order valence-electron chi connectivity index (χ0n) is 78.9. The molecule has 3 nitrogen and oxygen atoms in total. The Balaban J connectivity index is 0.000000213. The number of halogens is 4. The number of rotatable bonds is 7. The summed E-state index contributed by atoms with van der Waals surface area (Å²) in [4.78, 5) is 0. The van der Waals surface area contributed by atoms with Crippen molar-refractivity contribution in [3.63, 3.8) is 0 Å². The maximum atomic E-state index is 14.0. The Labute approximate surface area is 972 Å². The van der Waals surface area contributed by atoms with Crippen LogP contribution in [0.3, 0.4) is 0 Å². The van der Waals surface area contributed by atoms with Gasteiger partial charge in [-0.3, -0.25) is 0 Å². The number of nitrogen functional groups attached to an aromatic ring is 1. The summed E-state index contributed by atoms with van der Waals surface area (Å²) in [7, 11) is 3.43. The Bertz CT molecular complexity index is 6230. The first-order valence-corrected chi connectivity index (χ1v) is 44.2. The molecule has 0 aromatic heterocycles. The van der Waals surface area contributed by atoms with Crippen molar-refractivity contribution in [3.05, 3.63) is 482 Å². The monoisotopic (exact) mass is 2300 g/mol. The fourth-order valence-electron chi connectivity index (χ4n) is 18.2. The van der Waals surface area contributed by atoms with Crippen LogP contribution in [0.15, 0.2) is 315 Å². The Morgan fingerprint density at radius 1 is 0.440 bits per heavy atom. The molecule has 14 heteroatoms. The first-order valence-electron chi connectivity index (χ1n) is 44.2. The van der Waals surface area contributed by atoms with Gasteiger partial charge in [-0.2, -0.15) is 29.9 Å². The summed E-state index contributed by atoms with van der Waals surface area (Å²) >= 11 is 0. The Kier molecular flexibility index (Phi) is 47.0. The molecule has 0 saturated heterocycles. The van der Waals surface area contributed by atoms with E-state index >= 15 is 0 Å². The van der Waals surface area contributed by atoms with Crippen molar-refractivity contribution < 1.29 is 256 Å². The standard InChI is InChI=1S/C23H25O2.C19H16N.C19H17.C17H15.C15H9F4.C15H17.C12H13.7Y/c1-16-21(24-4)22(25-5)19(17-12-8-6-9-13-17)20(23(16,2)3)18-14-10-7-11-15-18;1-14-6-10-16(19-5-3-2-4-18(14)19)11-7-15-8-12-17(20)13-9-15;1-15-6-5-9-18-13-12-17(14-19(15)18)11-10-16-7-3-2-4-8-16;1-13-6-5-9-15-10-11-16(12-17(13)15)14-7-3-2-4-8-14;1-7-6-8-4-2-3-5-9(8)11-10(7)12(16)14(18)15(19)13(11)17;1-15-11-5-4-7-13(15)10-9-12-6-2-3-8-14(12)15;1-9-6-7-11-5-3-4-10(2)12(11)8-9;;;;;;;/h6-15H,1-5H3;2-6,8-10,12-14H,20H2,1H3;2-15H,1H3;2-13H,1H3;2-7H,1H3;2-3,6,8-10H,4-5,7,11H2,1H3;3-8,10H,1-2H3;;;;;;;/q7*-1;;;;;;;/b;;11-10+;;;;;;;;;;;. The van der Waals surface area contributed by atoms with Crippen LogP contribution in [0.5, 0.6) is 0 Å². The fraction of sp³-hybridized carbons (Fsp3) is 0.192. The van der Waals surface area contributed by atoms with E-state index in [-0.39, 0.29) is 246 Å². The molecule has 7 radical (unpaired) electrons. The van der Waals surface area contributed by atoms with Crippen molar-refractivity contribution in [2.45, 2.75) is 130 Å². The first-order chi connectivity index (χ1) is 61.5. The van der Waals surface area contributed by atoms with E-state index in [1.807, 2.05) is 42.5 Å². The van der Waals surface area contributed by atoms with Crippen LogP contribution in [0.25, 0.3) is 75.4 Å². The second-order valence-electron chi connectivity index (χ2n) is 34.4. The fourth-order valence-corrected chi connectivity index (χ4v) is 18.2. The van der Waals surface area contributed by atoms with E-state index in [0.29, 0.717) is 40.2 Å². The van der Waals surface area contributed by atoms with E-state index < -0.39 is 29.2 Å². The molecule has 2 N–H and O–H groups in total. The second-order valence-corrected chi connectivity index (χ2v) is 34.4. The van der Waals surface area contributed by atoms with Gasteiger partial charge in [-0.15, -0.1) is 52.4 Å². The van der Waals surface area contributed by atoms with Crippen LogP contribution in [0.4, 0.5) is 23.2 Å². The van der Waals surface area contributed by atoms with Crippen LogP contribution < -0.4 is 5.73 Å². The van der Waals surface area contributed by atoms with Crippen LogP contribution >= 0.6 is 0 Å². The third-order valence-corrected chi connectivity index (χ3v) is 25.5. The van der Waals surface area contributed by atoms with Gasteiger partial charge in [0.05, 0.1) is 14.2 Å². The van der Waals surface area contributed by atoms with E-state index in [0.717, 1.165) is 39.5 Å². The number of anilines is 1. The van der Waals surface area contributed by atoms with Crippen molar-refractivity contribution in [1.29, 1.82) is 0 Å². The van der Waals surface area contributed by atoms with E-state index in [9.17, 15) is 17.6 Å². The molecular weight excluding hydrogens is 2190 g/mol. The predicted octanol–water partition coefficient (Wildman–Crippen LogP) is 31.7. The first kappa shape index (κ1) is 115. The summed E-state index contributed by atoms with van der Waals surface area (Å²) in [6, 6.07) is 93.6. The maximum Gasteiger partial charge on any atom is 0.197 e. The number of hydrogen-bond donors (Lipinski definition) is 1. The van der Waals surface area contributed by atoms with Gasteiger partial charge in [-0.05, 0) is 81.6 Å². The predicted molar refractivity (Wildman–Crippen MR) is 526 cm³/mol. The molecule has 0 spiro atoms. The van der Waals surface area contributed by atoms with Gasteiger partial charge in [-0.25, -0.2) is 104 Å². The minimum Gasteiger partial charge on any atom is -0.577 e. The minimum absolute atomic E-state index is 0. The molecule has 0 heterocycles. The minimum atomic E-state index is -1.76. The second kappa shape index (κ2) is 54.7. The third kappa shape index (κ3) is 27.9. The molecule has 1 fully saturated rings. The van der Waals surface area contributed by atoms with Crippen LogP contribution in [-0.4, -0.2) is 14.2 Å². The topological polar surface area (TPSA) is 44.5 Å². The molecule has 1 saturated carbocycles. The van der Waals surface area contributed by atoms with Gasteiger partial charge in [0.15, 0.2) is 23.3 Å². The molecule has 8 aliphatic carbocycles. The molecule has 6 atom stereocenters. The van der Waals surface area contributed by atoms with E-state index in [1.54, 1.807) is 63.3 Å². The molecule has 12 aromatic rings. The van der Waals surface area contributed by atoms with E-state index in [1.165, 1.54) is 121 Å². The Morgan fingerprint density at radius 2 is 0.948 bits per heavy atom. The summed E-state index contributed by atoms with van der Waals surface area (Å²) in [5.41, 5.74) is 34.5. The molecule has 0 amide bonds. The van der Waals surface area contributed by atoms with Gasteiger partial charge in [0.1, 0.15) is 0 Å². The zero-order valence-corrected chi connectivity index (χ0v) is 98.7. The van der Waals surface area contributed by atoms with E-state index in [4.69, 9.17) is 15.2 Å². The molecule has 8 aliphatic rings. The molecule has 6 unspecified atom stereocenters. The number of benzene rings is 12. The van der Waals surface area contributed by atoms with Crippen LogP contribution in [0.2, 0.25) is 0 Å². The summed E-state index contributed by atoms with van der Waals surface area (Å²) in [5.74, 6) is 6.28. The number of aryl methyl sites for hydroxylation is 1. The van der Waals surface area contributed by atoms with Crippen LogP contribution in [-0.2, 0) is 244 Å². The molecule has 20 rings (SSSR count). The maximum absolute atomic E-state index is 14.0. The molecular formula is C120H112F4NO2Y7-7. The van der Waals surface area contributed by atoms with Gasteiger partial charge in [-0.1, -0.05) is 414 Å². The van der Waals surface area contributed by atoms with Gasteiger partial charge < -0.3 is 15.2 Å². The van der Waals surface area contributed by atoms with Gasteiger partial charge >= 0.3 is 0 Å². The SMILES string of the molecule is CC12CCCC[C-]1C=Cc1ccccc12.CC1[CH-]C=C(C#Cc2ccc(N)cc2)c2ccccc21.CC1[CH-]C=Cc2ccc(-c3ccccc3)cc21.CC1[CH-]C=Cc2ccc(/C=C/c3ccccc3)cc21.CC1[CH-]c2ccccc2-c2c(F)c(F)c(F)c(F)c21.COC1=C(OC)[C-](C)C(C)(C)C(c2ccccc2)=C1c1ccccc1.Cc1ccc2c(c1)C(C)[CH-]C=C2.[Y].[Y].[Y].[Y].[Y].[Y].[Y]. The quantitative estimate of drug-likeness (QED) is 0.0329. The molecule has 0 bridgehead atoms. The number of methoxy groups -OCH3 is 2.